The van der Waals surface area contributed by atoms with Crippen LogP contribution in [-0.2, 0) is 13.6 Å². The monoisotopic (exact) mass is 354 g/mol. The van der Waals surface area contributed by atoms with Crippen LogP contribution in [0.1, 0.15) is 31.2 Å². The van der Waals surface area contributed by atoms with Gasteiger partial charge >= 0.3 is 0 Å². The molecule has 2 unspecified atom stereocenters. The number of rotatable bonds is 4. The Hall–Kier alpha value is -2.28. The Kier molecular flexibility index (Phi) is 4.48. The molecule has 7 nitrogen and oxygen atoms in total. The lowest BCUT2D eigenvalue weighted by Crippen LogP contribution is -2.31. The van der Waals surface area contributed by atoms with Gasteiger partial charge in [-0.1, -0.05) is 13.8 Å². The van der Waals surface area contributed by atoms with E-state index in [1.54, 1.807) is 17.1 Å². The van der Waals surface area contributed by atoms with Gasteiger partial charge in [-0.15, -0.1) is 0 Å². The largest absolute Gasteiger partial charge is 0.356 e. The van der Waals surface area contributed by atoms with Crippen LogP contribution < -0.4 is 10.5 Å². The molecule has 2 aromatic heterocycles. The third-order valence-corrected chi connectivity index (χ3v) is 5.71. The summed E-state index contributed by atoms with van der Waals surface area (Å²) in [6, 6.07) is 2.13. The number of hydrogen-bond donors (Lipinski definition) is 0. The molecule has 4 heterocycles. The topological polar surface area (TPSA) is 67.2 Å². The van der Waals surface area contributed by atoms with Crippen molar-refractivity contribution in [3.63, 3.8) is 0 Å². The van der Waals surface area contributed by atoms with Crippen molar-refractivity contribution >= 4 is 5.82 Å². The zero-order valence-electron chi connectivity index (χ0n) is 15.7. The van der Waals surface area contributed by atoms with Crippen molar-refractivity contribution in [1.82, 2.24) is 24.4 Å². The fourth-order valence-electron chi connectivity index (χ4n) is 4.13. The van der Waals surface area contributed by atoms with E-state index in [9.17, 15) is 4.79 Å². The molecule has 0 N–H and O–H groups in total. The maximum Gasteiger partial charge on any atom is 0.268 e. The third-order valence-electron chi connectivity index (χ3n) is 5.71. The second kappa shape index (κ2) is 6.79. The first kappa shape index (κ1) is 17.1. The Labute approximate surface area is 153 Å². The Bertz CT molecular complexity index is 834. The Balaban J connectivity index is 1.40. The fraction of sp³-hybridized carbons (Fsp3) is 0.579. The third kappa shape index (κ3) is 3.23. The predicted octanol–water partition coefficient (Wildman–Crippen LogP) is 1.26. The van der Waals surface area contributed by atoms with Gasteiger partial charge < -0.3 is 9.47 Å². The van der Waals surface area contributed by atoms with Gasteiger partial charge in [0, 0.05) is 57.7 Å². The highest BCUT2D eigenvalue weighted by molar-refractivity contribution is 5.41. The van der Waals surface area contributed by atoms with Crippen molar-refractivity contribution < 1.29 is 0 Å². The number of aromatic nitrogens is 4. The Morgan fingerprint density at radius 1 is 1.12 bits per heavy atom. The summed E-state index contributed by atoms with van der Waals surface area (Å²) in [6.07, 6.45) is 4.86. The van der Waals surface area contributed by atoms with Crippen LogP contribution in [0, 0.1) is 11.8 Å². The highest BCUT2D eigenvalue weighted by Gasteiger charge is 2.40. The smallest absolute Gasteiger partial charge is 0.268 e. The summed E-state index contributed by atoms with van der Waals surface area (Å²) in [6.45, 7) is 9.32. The van der Waals surface area contributed by atoms with Gasteiger partial charge in [0.05, 0.1) is 11.9 Å². The van der Waals surface area contributed by atoms with E-state index < -0.39 is 0 Å². The molecule has 0 radical (unpaired) electrons. The van der Waals surface area contributed by atoms with Gasteiger partial charge in [0.15, 0.2) is 0 Å². The van der Waals surface area contributed by atoms with E-state index in [1.807, 2.05) is 7.05 Å². The molecule has 2 aliphatic heterocycles. The number of hydrogen-bond acceptors (Lipinski definition) is 6. The SMILES string of the molecule is CC(C)c1cc(N2CC3CN(Cc4cncc(=O)n4C)CC3C2)ncn1. The minimum atomic E-state index is -0.0437. The van der Waals surface area contributed by atoms with E-state index in [0.717, 1.165) is 49.9 Å². The summed E-state index contributed by atoms with van der Waals surface area (Å²) in [5.74, 6) is 2.78. The molecule has 0 amide bonds. The van der Waals surface area contributed by atoms with Gasteiger partial charge in [0.2, 0.25) is 0 Å². The molecule has 2 atom stereocenters. The van der Waals surface area contributed by atoms with Gasteiger partial charge in [-0.2, -0.15) is 0 Å². The molecular weight excluding hydrogens is 328 g/mol. The molecule has 0 aliphatic carbocycles. The van der Waals surface area contributed by atoms with E-state index in [2.05, 4.69) is 44.7 Å². The van der Waals surface area contributed by atoms with Crippen LogP contribution in [0.4, 0.5) is 5.82 Å². The fourth-order valence-corrected chi connectivity index (χ4v) is 4.13. The Morgan fingerprint density at radius 2 is 1.85 bits per heavy atom. The summed E-state index contributed by atoms with van der Waals surface area (Å²) in [5.41, 5.74) is 2.04. The second-order valence-electron chi connectivity index (χ2n) is 7.87. The number of fused-ring (bicyclic) bond motifs is 1. The molecule has 2 fully saturated rings. The molecule has 138 valence electrons. The minimum Gasteiger partial charge on any atom is -0.356 e. The summed E-state index contributed by atoms with van der Waals surface area (Å²) in [4.78, 5) is 29.5. The average molecular weight is 354 g/mol. The number of anilines is 1. The number of nitrogens with zero attached hydrogens (tertiary/aromatic N) is 6. The number of likely N-dealkylation sites (tertiary alicyclic amines) is 1. The van der Waals surface area contributed by atoms with Crippen LogP contribution in [0.5, 0.6) is 0 Å². The quantitative estimate of drug-likeness (QED) is 0.824. The lowest BCUT2D eigenvalue weighted by Gasteiger charge is -2.23. The summed E-state index contributed by atoms with van der Waals surface area (Å²) >= 11 is 0. The minimum absolute atomic E-state index is 0.0437. The molecular formula is C19H26N6O. The van der Waals surface area contributed by atoms with Crippen molar-refractivity contribution in [2.75, 3.05) is 31.1 Å². The summed E-state index contributed by atoms with van der Waals surface area (Å²) in [5, 5.41) is 0. The van der Waals surface area contributed by atoms with Crippen LogP contribution in [0.25, 0.3) is 0 Å². The van der Waals surface area contributed by atoms with Crippen molar-refractivity contribution in [1.29, 1.82) is 0 Å². The van der Waals surface area contributed by atoms with Gasteiger partial charge in [-0.3, -0.25) is 14.7 Å². The maximum atomic E-state index is 11.7. The first-order valence-corrected chi connectivity index (χ1v) is 9.30. The molecule has 26 heavy (non-hydrogen) atoms. The van der Waals surface area contributed by atoms with Crippen LogP contribution in [0.2, 0.25) is 0 Å². The molecule has 0 aromatic carbocycles. The van der Waals surface area contributed by atoms with Crippen molar-refractivity contribution in [3.05, 3.63) is 46.5 Å². The van der Waals surface area contributed by atoms with Gasteiger partial charge in [0.25, 0.3) is 5.56 Å². The van der Waals surface area contributed by atoms with Gasteiger partial charge in [-0.25, -0.2) is 9.97 Å². The lowest BCUT2D eigenvalue weighted by molar-refractivity contribution is 0.300. The lowest BCUT2D eigenvalue weighted by atomic mass is 10.0. The van der Waals surface area contributed by atoms with Gasteiger partial charge in [-0.05, 0) is 17.8 Å². The van der Waals surface area contributed by atoms with E-state index in [1.165, 1.54) is 6.20 Å². The van der Waals surface area contributed by atoms with Crippen LogP contribution in [-0.4, -0.2) is 50.6 Å². The van der Waals surface area contributed by atoms with Crippen molar-refractivity contribution in [2.24, 2.45) is 18.9 Å². The zero-order valence-corrected chi connectivity index (χ0v) is 15.7. The van der Waals surface area contributed by atoms with Crippen LogP contribution in [0.3, 0.4) is 0 Å². The molecule has 2 saturated heterocycles. The molecule has 7 heteroatoms. The van der Waals surface area contributed by atoms with Crippen molar-refractivity contribution in [2.45, 2.75) is 26.3 Å². The standard InChI is InChI=1S/C19H26N6O/c1-13(2)17-4-18(22-12-21-17)25-9-14-7-24(8-15(14)10-25)11-16-5-20-6-19(26)23(16)3/h4-6,12-15H,7-11H2,1-3H3. The van der Waals surface area contributed by atoms with E-state index in [0.29, 0.717) is 17.8 Å². The normalized spacial score (nSPS) is 23.0. The van der Waals surface area contributed by atoms with E-state index >= 15 is 0 Å². The van der Waals surface area contributed by atoms with E-state index in [-0.39, 0.29) is 5.56 Å². The first-order valence-electron chi connectivity index (χ1n) is 9.30. The average Bonchev–Trinajstić information content (AvgIpc) is 3.17. The Morgan fingerprint density at radius 3 is 2.54 bits per heavy atom. The van der Waals surface area contributed by atoms with E-state index in [4.69, 9.17) is 0 Å². The highest BCUT2D eigenvalue weighted by Crippen LogP contribution is 2.34. The van der Waals surface area contributed by atoms with Crippen molar-refractivity contribution in [3.8, 4) is 0 Å². The predicted molar refractivity (Wildman–Crippen MR) is 100 cm³/mol. The molecule has 0 saturated carbocycles. The van der Waals surface area contributed by atoms with Crippen LogP contribution >= 0.6 is 0 Å². The first-order chi connectivity index (χ1) is 12.5. The molecule has 0 spiro atoms. The maximum absolute atomic E-state index is 11.7. The summed E-state index contributed by atoms with van der Waals surface area (Å²) in [7, 11) is 1.82. The molecule has 2 aromatic rings. The molecule has 4 rings (SSSR count). The zero-order chi connectivity index (χ0) is 18.3. The summed E-state index contributed by atoms with van der Waals surface area (Å²) < 4.78 is 1.70. The highest BCUT2D eigenvalue weighted by atomic mass is 16.1. The second-order valence-corrected chi connectivity index (χ2v) is 7.87. The van der Waals surface area contributed by atoms with Crippen LogP contribution in [0.15, 0.2) is 29.6 Å². The van der Waals surface area contributed by atoms with Gasteiger partial charge in [0.1, 0.15) is 12.1 Å². The molecule has 2 aliphatic rings. The molecule has 0 bridgehead atoms.